The molecule has 320 valence electrons. The number of β-lactam (4-membered cyclic amide) rings is 1. The van der Waals surface area contributed by atoms with Crippen molar-refractivity contribution in [1.82, 2.24) is 41.3 Å². The van der Waals surface area contributed by atoms with Gasteiger partial charge in [-0.05, 0) is 45.7 Å². The number of thioether (sulfide) groups is 2. The Kier molecular flexibility index (Phi) is 12.5. The van der Waals surface area contributed by atoms with Crippen LogP contribution in [0.15, 0.2) is 60.7 Å². The molecule has 4 heterocycles. The molecule has 2 aromatic carbocycles. The maximum atomic E-state index is 14.6. The van der Waals surface area contributed by atoms with E-state index in [1.807, 2.05) is 0 Å². The van der Waals surface area contributed by atoms with E-state index in [1.165, 1.54) is 33.7 Å². The van der Waals surface area contributed by atoms with E-state index in [0.29, 0.717) is 4.90 Å². The number of urea groups is 1. The first-order valence-electron chi connectivity index (χ1n) is 19.1. The first-order chi connectivity index (χ1) is 28.3. The Morgan fingerprint density at radius 3 is 1.87 bits per heavy atom. The highest BCUT2D eigenvalue weighted by atomic mass is 32.2. The number of likely N-dealkylation sites (N-methyl/N-ethyl adjacent to an activating group) is 1. The fourth-order valence-electron chi connectivity index (χ4n) is 7.72. The molecule has 0 bridgehead atoms. The van der Waals surface area contributed by atoms with Gasteiger partial charge in [0.1, 0.15) is 41.6 Å². The number of carboxylic acid groups (broad SMARTS) is 2. The number of fused-ring (bicyclic) bond motifs is 1. The van der Waals surface area contributed by atoms with Gasteiger partial charge in [0.2, 0.25) is 23.6 Å². The first-order valence-corrected chi connectivity index (χ1v) is 20.8. The van der Waals surface area contributed by atoms with E-state index in [-0.39, 0.29) is 30.8 Å². The smallest absolute Gasteiger partial charge is 0.327 e. The van der Waals surface area contributed by atoms with Gasteiger partial charge in [0.25, 0.3) is 0 Å². The predicted molar refractivity (Wildman–Crippen MR) is 217 cm³/mol. The van der Waals surface area contributed by atoms with E-state index >= 15 is 0 Å². The van der Waals surface area contributed by atoms with Crippen molar-refractivity contribution in [3.63, 3.8) is 0 Å². The lowest BCUT2D eigenvalue weighted by molar-refractivity contribution is -0.161. The van der Waals surface area contributed by atoms with Crippen molar-refractivity contribution in [3.8, 4) is 0 Å². The number of aliphatic carboxylic acids is 2. The minimum atomic E-state index is -1.62. The molecule has 21 heteroatoms. The Balaban J connectivity index is 1.29. The lowest BCUT2D eigenvalue weighted by Crippen LogP contribution is -2.71. The molecule has 4 fully saturated rings. The fraction of sp³-hybridized carbons (Fsp3) is 0.462. The van der Waals surface area contributed by atoms with Gasteiger partial charge in [-0.2, -0.15) is 0 Å². The summed E-state index contributed by atoms with van der Waals surface area (Å²) in [6, 6.07) is 6.81. The Morgan fingerprint density at radius 2 is 1.33 bits per heavy atom. The van der Waals surface area contributed by atoms with Crippen LogP contribution in [0, 0.1) is 0 Å². The largest absolute Gasteiger partial charge is 0.480 e. The average molecular weight is 867 g/mol. The number of carbonyl (C=O) groups is 9. The number of amides is 8. The zero-order valence-electron chi connectivity index (χ0n) is 33.2. The number of carbonyl (C=O) groups excluding carboxylic acids is 7. The minimum absolute atomic E-state index is 0.0771. The van der Waals surface area contributed by atoms with Gasteiger partial charge < -0.3 is 41.3 Å². The maximum Gasteiger partial charge on any atom is 0.327 e. The number of piperazine rings is 1. The van der Waals surface area contributed by atoms with Crippen LogP contribution in [0.2, 0.25) is 0 Å². The van der Waals surface area contributed by atoms with E-state index in [2.05, 4.69) is 26.6 Å². The molecule has 0 saturated carbocycles. The molecule has 0 unspecified atom stereocenters. The topological polar surface area (TPSA) is 264 Å². The van der Waals surface area contributed by atoms with Gasteiger partial charge in [0.15, 0.2) is 0 Å². The molecule has 60 heavy (non-hydrogen) atoms. The number of rotatable bonds is 13. The van der Waals surface area contributed by atoms with Crippen molar-refractivity contribution in [2.24, 2.45) is 0 Å². The van der Waals surface area contributed by atoms with E-state index in [1.54, 1.807) is 83.1 Å². The van der Waals surface area contributed by atoms with Crippen molar-refractivity contribution in [2.75, 3.05) is 19.6 Å². The van der Waals surface area contributed by atoms with Crippen LogP contribution in [0.1, 0.15) is 57.8 Å². The Labute approximate surface area is 353 Å². The van der Waals surface area contributed by atoms with Crippen molar-refractivity contribution >= 4 is 76.9 Å². The number of hydrogen-bond acceptors (Lipinski definition) is 12. The van der Waals surface area contributed by atoms with Crippen LogP contribution >= 0.6 is 23.5 Å². The molecule has 0 aromatic heterocycles. The van der Waals surface area contributed by atoms with Gasteiger partial charge in [-0.1, -0.05) is 60.7 Å². The van der Waals surface area contributed by atoms with Gasteiger partial charge in [0, 0.05) is 29.1 Å². The molecule has 7 N–H and O–H groups in total. The minimum Gasteiger partial charge on any atom is -0.480 e. The van der Waals surface area contributed by atoms with Gasteiger partial charge in [-0.25, -0.2) is 9.59 Å². The molecule has 0 spiro atoms. The molecule has 2 aromatic rings. The Hall–Kier alpha value is -5.67. The van der Waals surface area contributed by atoms with Crippen LogP contribution in [0.5, 0.6) is 0 Å². The highest BCUT2D eigenvalue weighted by molar-refractivity contribution is 8.02. The van der Waals surface area contributed by atoms with Crippen LogP contribution in [-0.2, 0) is 38.4 Å². The molecule has 8 atom stereocenters. The zero-order valence-corrected chi connectivity index (χ0v) is 34.9. The van der Waals surface area contributed by atoms with Crippen molar-refractivity contribution in [3.05, 3.63) is 71.8 Å². The lowest BCUT2D eigenvalue weighted by atomic mass is 9.95. The molecule has 4 saturated heterocycles. The number of nitrogens with one attached hydrogen (secondary N) is 5. The van der Waals surface area contributed by atoms with Crippen LogP contribution in [0.4, 0.5) is 4.79 Å². The van der Waals surface area contributed by atoms with Crippen LogP contribution in [-0.4, -0.2) is 142 Å². The first kappa shape index (κ1) is 43.9. The number of benzene rings is 2. The molecule has 19 nitrogen and oxygen atoms in total. The summed E-state index contributed by atoms with van der Waals surface area (Å²) >= 11 is 2.27. The zero-order chi connectivity index (χ0) is 43.8. The van der Waals surface area contributed by atoms with E-state index < -0.39 is 110 Å². The van der Waals surface area contributed by atoms with Gasteiger partial charge in [-0.15, -0.1) is 23.5 Å². The number of nitrogens with zero attached hydrogens (tertiary/aromatic N) is 3. The summed E-state index contributed by atoms with van der Waals surface area (Å²) < 4.78 is -1.89. The molecule has 0 aliphatic carbocycles. The second-order valence-corrected chi connectivity index (χ2v) is 19.2. The molecule has 4 aliphatic heterocycles. The summed E-state index contributed by atoms with van der Waals surface area (Å²) in [5.41, 5.74) is 0.524. The fourth-order valence-corrected chi connectivity index (χ4v) is 10.8. The summed E-state index contributed by atoms with van der Waals surface area (Å²) in [5, 5.41) is 31.5. The normalized spacial score (nSPS) is 25.6. The van der Waals surface area contributed by atoms with Crippen molar-refractivity contribution in [1.29, 1.82) is 0 Å². The predicted octanol–water partition coefficient (Wildman–Crippen LogP) is -0.00370. The molecular formula is C39H46N8O11S2. The third kappa shape index (κ3) is 8.50. The van der Waals surface area contributed by atoms with Gasteiger partial charge in [-0.3, -0.25) is 43.8 Å². The SMILES string of the molecule is CCN1CCN(C(=O)N[C@@H](C(=O)N[C@H](C(=O)N[C@@H](C(=O)N[C@@H]2C(=O)N3[C@@H]2SC(C)(C)[C@@H]3C(=O)O)c2ccccc2)[C@@H]2N[C@@H](C(=O)O)C(C)(C)S2)c2ccccc2)C(=O)C1=O. The van der Waals surface area contributed by atoms with Crippen molar-refractivity contribution < 1.29 is 53.4 Å². The monoisotopic (exact) mass is 866 g/mol. The quantitative estimate of drug-likeness (QED) is 0.103. The third-order valence-corrected chi connectivity index (χ3v) is 13.9. The maximum absolute atomic E-state index is 14.6. The second kappa shape index (κ2) is 17.1. The van der Waals surface area contributed by atoms with E-state index in [9.17, 15) is 53.4 Å². The molecule has 4 aliphatic rings. The third-order valence-electron chi connectivity index (χ3n) is 10.8. The molecule has 6 rings (SSSR count). The Morgan fingerprint density at radius 1 is 0.750 bits per heavy atom. The van der Waals surface area contributed by atoms with Crippen LogP contribution < -0.4 is 26.6 Å². The summed E-state index contributed by atoms with van der Waals surface area (Å²) in [5.74, 6) is -7.71. The number of carboxylic acids is 2. The lowest BCUT2D eigenvalue weighted by Gasteiger charge is -2.44. The highest BCUT2D eigenvalue weighted by Crippen LogP contribution is 2.51. The van der Waals surface area contributed by atoms with Crippen LogP contribution in [0.3, 0.4) is 0 Å². The summed E-state index contributed by atoms with van der Waals surface area (Å²) in [4.78, 5) is 123. The average Bonchev–Trinajstić information content (AvgIpc) is 3.67. The molecule has 8 amide bonds. The van der Waals surface area contributed by atoms with Gasteiger partial charge >= 0.3 is 29.8 Å². The highest BCUT2D eigenvalue weighted by Gasteiger charge is 2.64. The molecule has 0 radical (unpaired) electrons. The van der Waals surface area contributed by atoms with Crippen molar-refractivity contribution in [2.45, 2.75) is 91.1 Å². The van der Waals surface area contributed by atoms with E-state index in [4.69, 9.17) is 0 Å². The van der Waals surface area contributed by atoms with Gasteiger partial charge in [0.05, 0.1) is 5.37 Å². The second-order valence-electron chi connectivity index (χ2n) is 15.6. The number of hydrogen-bond donors (Lipinski definition) is 7. The Bertz CT molecular complexity index is 2090. The summed E-state index contributed by atoms with van der Waals surface area (Å²) in [7, 11) is 0. The number of imide groups is 1. The standard InChI is InChI=1S/C39H46N8O11S2/c1-6-45-17-18-46(33(53)32(45)52)37(58)43-22(20-15-11-8-12-16-20)28(49)41-23(30-44-25(35(54)55)38(2,3)59-30)29(50)40-21(19-13-9-7-10-14-19)27(48)42-24-31(51)47-26(36(56)57)39(4,5)60-34(24)47/h7-16,21-26,30,34,44H,6,17-18H2,1-5H3,(H,40,50)(H,41,49)(H,42,48)(H,43,58)(H,54,55)(H,56,57)/t21-,22-,23-,24-,25+,26+,30-,34-/m1/s1. The van der Waals surface area contributed by atoms with Crippen LogP contribution in [0.25, 0.3) is 0 Å². The summed E-state index contributed by atoms with van der Waals surface area (Å²) in [6.45, 7) is 8.53. The molecular weight excluding hydrogens is 821 g/mol. The summed E-state index contributed by atoms with van der Waals surface area (Å²) in [6.07, 6.45) is 0. The van der Waals surface area contributed by atoms with E-state index in [0.717, 1.165) is 11.8 Å².